The van der Waals surface area contributed by atoms with E-state index in [0.29, 0.717) is 0 Å². The van der Waals surface area contributed by atoms with E-state index in [4.69, 9.17) is 0 Å². The van der Waals surface area contributed by atoms with Crippen molar-refractivity contribution in [3.63, 3.8) is 0 Å². The predicted molar refractivity (Wildman–Crippen MR) is 59.8 cm³/mol. The second-order valence-electron chi connectivity index (χ2n) is 3.24. The van der Waals surface area contributed by atoms with Gasteiger partial charge in [0.05, 0.1) is 0 Å². The zero-order valence-electron chi connectivity index (χ0n) is 8.54. The standard InChI is InChI=1S/C13H16/c1-4-5-6-7-13-9-8-11(2)10-12(13)3/h4-10H,1-3H3/b5-4-,7-6-. The van der Waals surface area contributed by atoms with Gasteiger partial charge in [-0.3, -0.25) is 0 Å². The van der Waals surface area contributed by atoms with Crippen LogP contribution < -0.4 is 0 Å². The quantitative estimate of drug-likeness (QED) is 0.594. The first kappa shape index (κ1) is 9.79. The van der Waals surface area contributed by atoms with E-state index in [1.165, 1.54) is 16.7 Å². The molecule has 0 spiro atoms. The number of hydrogen-bond donors (Lipinski definition) is 0. The Kier molecular flexibility index (Phi) is 3.51. The normalized spacial score (nSPS) is 11.6. The van der Waals surface area contributed by atoms with Crippen LogP contribution in [-0.4, -0.2) is 0 Å². The van der Waals surface area contributed by atoms with Gasteiger partial charge in [-0.2, -0.15) is 0 Å². The molecule has 0 amide bonds. The van der Waals surface area contributed by atoms with E-state index in [1.807, 2.05) is 19.1 Å². The third-order valence-corrected chi connectivity index (χ3v) is 2.00. The predicted octanol–water partition coefficient (Wildman–Crippen LogP) is 3.89. The highest BCUT2D eigenvalue weighted by molar-refractivity contribution is 5.55. The molecule has 1 aromatic carbocycles. The molecule has 0 heterocycles. The van der Waals surface area contributed by atoms with Crippen LogP contribution in [0.4, 0.5) is 0 Å². The molecule has 0 unspecified atom stereocenters. The van der Waals surface area contributed by atoms with Crippen molar-refractivity contribution in [3.05, 3.63) is 53.1 Å². The second kappa shape index (κ2) is 4.66. The Hall–Kier alpha value is -1.30. The molecule has 0 bridgehead atoms. The van der Waals surface area contributed by atoms with Gasteiger partial charge in [-0.15, -0.1) is 0 Å². The topological polar surface area (TPSA) is 0 Å². The van der Waals surface area contributed by atoms with Crippen molar-refractivity contribution >= 4 is 6.08 Å². The van der Waals surface area contributed by atoms with Crippen LogP contribution in [0.15, 0.2) is 36.4 Å². The highest BCUT2D eigenvalue weighted by atomic mass is 14.0. The molecule has 0 atom stereocenters. The molecule has 0 aliphatic carbocycles. The van der Waals surface area contributed by atoms with Crippen LogP contribution >= 0.6 is 0 Å². The fourth-order valence-electron chi connectivity index (χ4n) is 1.28. The third-order valence-electron chi connectivity index (χ3n) is 2.00. The van der Waals surface area contributed by atoms with Crippen LogP contribution in [0.3, 0.4) is 0 Å². The Bertz CT molecular complexity index is 330. The Labute approximate surface area is 80.6 Å². The lowest BCUT2D eigenvalue weighted by atomic mass is 10.1. The molecule has 13 heavy (non-hydrogen) atoms. The lowest BCUT2D eigenvalue weighted by Crippen LogP contribution is -1.81. The van der Waals surface area contributed by atoms with Gasteiger partial charge in [-0.1, -0.05) is 48.1 Å². The Morgan fingerprint density at radius 3 is 2.46 bits per heavy atom. The molecule has 0 aliphatic rings. The SMILES string of the molecule is C/C=C\C=C/c1ccc(C)cc1C. The Morgan fingerprint density at radius 2 is 1.85 bits per heavy atom. The first-order chi connectivity index (χ1) is 6.24. The first-order valence-electron chi connectivity index (χ1n) is 4.60. The number of allylic oxidation sites excluding steroid dienone is 3. The van der Waals surface area contributed by atoms with E-state index in [-0.39, 0.29) is 0 Å². The monoisotopic (exact) mass is 172 g/mol. The molecule has 1 aromatic rings. The summed E-state index contributed by atoms with van der Waals surface area (Å²) in [6, 6.07) is 6.50. The minimum atomic E-state index is 1.30. The van der Waals surface area contributed by atoms with Gasteiger partial charge in [0.25, 0.3) is 0 Å². The number of rotatable bonds is 2. The number of hydrogen-bond acceptors (Lipinski definition) is 0. The fraction of sp³-hybridized carbons (Fsp3) is 0.231. The van der Waals surface area contributed by atoms with Crippen molar-refractivity contribution in [1.29, 1.82) is 0 Å². The summed E-state index contributed by atoms with van der Waals surface area (Å²) in [5.74, 6) is 0. The molecule has 1 rings (SSSR count). The number of aryl methyl sites for hydroxylation is 2. The molecule has 0 N–H and O–H groups in total. The zero-order chi connectivity index (χ0) is 9.68. The third kappa shape index (κ3) is 2.90. The largest absolute Gasteiger partial charge is 0.0877 e. The van der Waals surface area contributed by atoms with E-state index in [0.717, 1.165) is 0 Å². The summed E-state index contributed by atoms with van der Waals surface area (Å²) in [6.45, 7) is 6.28. The minimum Gasteiger partial charge on any atom is -0.0877 e. The molecule has 0 heteroatoms. The summed E-state index contributed by atoms with van der Waals surface area (Å²) < 4.78 is 0. The van der Waals surface area contributed by atoms with Gasteiger partial charge < -0.3 is 0 Å². The minimum absolute atomic E-state index is 1.30. The zero-order valence-corrected chi connectivity index (χ0v) is 8.54. The summed E-state index contributed by atoms with van der Waals surface area (Å²) in [6.07, 6.45) is 8.27. The van der Waals surface area contributed by atoms with Crippen LogP contribution in [-0.2, 0) is 0 Å². The van der Waals surface area contributed by atoms with Crippen molar-refractivity contribution in [1.82, 2.24) is 0 Å². The molecule has 0 aliphatic heterocycles. The van der Waals surface area contributed by atoms with Crippen LogP contribution in [0.2, 0.25) is 0 Å². The molecule has 0 fully saturated rings. The Balaban J connectivity index is 2.89. The highest BCUT2D eigenvalue weighted by Crippen LogP contribution is 2.11. The van der Waals surface area contributed by atoms with Crippen molar-refractivity contribution < 1.29 is 0 Å². The van der Waals surface area contributed by atoms with Gasteiger partial charge in [0, 0.05) is 0 Å². The molecule has 0 radical (unpaired) electrons. The second-order valence-corrected chi connectivity index (χ2v) is 3.24. The van der Waals surface area contributed by atoms with Gasteiger partial charge in [-0.25, -0.2) is 0 Å². The van der Waals surface area contributed by atoms with E-state index < -0.39 is 0 Å². The summed E-state index contributed by atoms with van der Waals surface area (Å²) >= 11 is 0. The average molecular weight is 172 g/mol. The molecule has 0 saturated heterocycles. The van der Waals surface area contributed by atoms with Gasteiger partial charge in [0.1, 0.15) is 0 Å². The van der Waals surface area contributed by atoms with Gasteiger partial charge in [-0.05, 0) is 31.9 Å². The fourth-order valence-corrected chi connectivity index (χ4v) is 1.28. The summed E-state index contributed by atoms with van der Waals surface area (Å²) in [4.78, 5) is 0. The number of benzene rings is 1. The lowest BCUT2D eigenvalue weighted by molar-refractivity contribution is 1.37. The van der Waals surface area contributed by atoms with Gasteiger partial charge >= 0.3 is 0 Å². The molecular formula is C13H16. The van der Waals surface area contributed by atoms with E-state index in [1.54, 1.807) is 0 Å². The molecule has 0 saturated carbocycles. The van der Waals surface area contributed by atoms with E-state index in [2.05, 4.69) is 44.2 Å². The summed E-state index contributed by atoms with van der Waals surface area (Å²) in [5.41, 5.74) is 3.95. The molecular weight excluding hydrogens is 156 g/mol. The van der Waals surface area contributed by atoms with Crippen LogP contribution in [0.5, 0.6) is 0 Å². The highest BCUT2D eigenvalue weighted by Gasteiger charge is 1.92. The summed E-state index contributed by atoms with van der Waals surface area (Å²) in [5, 5.41) is 0. The van der Waals surface area contributed by atoms with Crippen molar-refractivity contribution in [3.8, 4) is 0 Å². The smallest absolute Gasteiger partial charge is 0.0227 e. The van der Waals surface area contributed by atoms with Crippen LogP contribution in [0.25, 0.3) is 6.08 Å². The Morgan fingerprint density at radius 1 is 1.08 bits per heavy atom. The van der Waals surface area contributed by atoms with Crippen molar-refractivity contribution in [2.24, 2.45) is 0 Å². The van der Waals surface area contributed by atoms with Crippen molar-refractivity contribution in [2.75, 3.05) is 0 Å². The maximum absolute atomic E-state index is 2.20. The summed E-state index contributed by atoms with van der Waals surface area (Å²) in [7, 11) is 0. The molecule has 0 nitrogen and oxygen atoms in total. The maximum atomic E-state index is 2.20. The average Bonchev–Trinajstić information content (AvgIpc) is 2.09. The molecule has 68 valence electrons. The van der Waals surface area contributed by atoms with Crippen LogP contribution in [0.1, 0.15) is 23.6 Å². The van der Waals surface area contributed by atoms with Gasteiger partial charge in [0.2, 0.25) is 0 Å². The maximum Gasteiger partial charge on any atom is -0.0227 e. The van der Waals surface area contributed by atoms with Crippen molar-refractivity contribution in [2.45, 2.75) is 20.8 Å². The van der Waals surface area contributed by atoms with E-state index in [9.17, 15) is 0 Å². The van der Waals surface area contributed by atoms with E-state index >= 15 is 0 Å². The lowest BCUT2D eigenvalue weighted by Gasteiger charge is -2.00. The van der Waals surface area contributed by atoms with Crippen LogP contribution in [0, 0.1) is 13.8 Å². The molecule has 0 aromatic heterocycles. The van der Waals surface area contributed by atoms with Gasteiger partial charge in [0.15, 0.2) is 0 Å². The first-order valence-corrected chi connectivity index (χ1v) is 4.60.